The van der Waals surface area contributed by atoms with Gasteiger partial charge in [-0.05, 0) is 31.7 Å². The quantitative estimate of drug-likeness (QED) is 0.895. The summed E-state index contributed by atoms with van der Waals surface area (Å²) in [6.07, 6.45) is -4.41. The van der Waals surface area contributed by atoms with Crippen LogP contribution in [-0.4, -0.2) is 37.7 Å². The number of carbonyl (C=O) groups is 1. The van der Waals surface area contributed by atoms with Crippen LogP contribution in [0, 0.1) is 0 Å². The molecule has 0 aliphatic carbocycles. The van der Waals surface area contributed by atoms with Gasteiger partial charge in [0.2, 0.25) is 0 Å². The van der Waals surface area contributed by atoms with Crippen molar-refractivity contribution in [2.45, 2.75) is 19.1 Å². The first-order valence-electron chi connectivity index (χ1n) is 6.09. The second-order valence-electron chi connectivity index (χ2n) is 4.54. The molecule has 7 heteroatoms. The number of alkyl halides is 3. The molecule has 2 amide bonds. The van der Waals surface area contributed by atoms with Gasteiger partial charge in [-0.3, -0.25) is 0 Å². The summed E-state index contributed by atoms with van der Waals surface area (Å²) in [4.78, 5) is 12.2. The van der Waals surface area contributed by atoms with Crippen LogP contribution in [-0.2, 0) is 0 Å². The van der Waals surface area contributed by atoms with E-state index in [-0.39, 0.29) is 6.04 Å². The molecule has 1 unspecified atom stereocenters. The van der Waals surface area contributed by atoms with Gasteiger partial charge in [0.1, 0.15) is 6.54 Å². The molecule has 112 valence electrons. The molecule has 0 aliphatic rings. The van der Waals surface area contributed by atoms with E-state index in [1.54, 1.807) is 25.2 Å². The summed E-state index contributed by atoms with van der Waals surface area (Å²) in [6, 6.07) is 6.25. The lowest BCUT2D eigenvalue weighted by Crippen LogP contribution is -2.38. The van der Waals surface area contributed by atoms with Crippen LogP contribution in [0.1, 0.15) is 18.5 Å². The van der Waals surface area contributed by atoms with E-state index in [0.717, 1.165) is 12.6 Å². The third-order valence-corrected chi connectivity index (χ3v) is 2.83. The number of carbonyl (C=O) groups excluding carboxylic acids is 1. The number of amides is 2. The third kappa shape index (κ3) is 5.08. The average molecular weight is 289 g/mol. The maximum atomic E-state index is 12.2. The average Bonchev–Trinajstić information content (AvgIpc) is 2.36. The van der Waals surface area contributed by atoms with E-state index in [1.807, 2.05) is 13.0 Å². The fourth-order valence-corrected chi connectivity index (χ4v) is 1.61. The predicted molar refractivity (Wildman–Crippen MR) is 71.6 cm³/mol. The van der Waals surface area contributed by atoms with Crippen LogP contribution in [0.3, 0.4) is 0 Å². The number of halogens is 3. The maximum absolute atomic E-state index is 12.2. The Morgan fingerprint density at radius 1 is 1.40 bits per heavy atom. The molecular formula is C13H18F3N3O. The van der Waals surface area contributed by atoms with Crippen LogP contribution in [0.25, 0.3) is 0 Å². The second kappa shape index (κ2) is 6.60. The smallest absolute Gasteiger partial charge is 0.318 e. The van der Waals surface area contributed by atoms with E-state index < -0.39 is 18.8 Å². The molecule has 0 aromatic heterocycles. The molecule has 0 bridgehead atoms. The number of nitrogens with one attached hydrogen (secondary N) is 2. The molecule has 20 heavy (non-hydrogen) atoms. The number of urea groups is 1. The molecule has 0 fully saturated rings. The molecule has 1 aromatic rings. The van der Waals surface area contributed by atoms with Crippen molar-refractivity contribution in [3.63, 3.8) is 0 Å². The predicted octanol–water partition coefficient (Wildman–Crippen LogP) is 2.99. The molecule has 0 spiro atoms. The van der Waals surface area contributed by atoms with Crippen molar-refractivity contribution in [1.82, 2.24) is 10.2 Å². The van der Waals surface area contributed by atoms with Crippen molar-refractivity contribution >= 4 is 11.7 Å². The Bertz CT molecular complexity index is 462. The molecule has 4 nitrogen and oxygen atoms in total. The van der Waals surface area contributed by atoms with Gasteiger partial charge in [-0.1, -0.05) is 12.1 Å². The largest absolute Gasteiger partial charge is 0.406 e. The zero-order valence-electron chi connectivity index (χ0n) is 11.6. The number of benzene rings is 1. The maximum Gasteiger partial charge on any atom is 0.406 e. The highest BCUT2D eigenvalue weighted by molar-refractivity contribution is 5.89. The zero-order chi connectivity index (χ0) is 15.3. The standard InChI is InChI=1S/C13H18F3N3O/c1-9(17-2)10-5-4-6-11(7-10)18-12(20)19(3)8-13(14,15)16/h4-7,9,17H,8H2,1-3H3,(H,18,20). The highest BCUT2D eigenvalue weighted by atomic mass is 19.4. The van der Waals surface area contributed by atoms with Crippen molar-refractivity contribution < 1.29 is 18.0 Å². The van der Waals surface area contributed by atoms with Gasteiger partial charge in [0.15, 0.2) is 0 Å². The third-order valence-electron chi connectivity index (χ3n) is 2.83. The Balaban J connectivity index is 2.71. The van der Waals surface area contributed by atoms with E-state index in [4.69, 9.17) is 0 Å². The fourth-order valence-electron chi connectivity index (χ4n) is 1.61. The van der Waals surface area contributed by atoms with Gasteiger partial charge in [-0.25, -0.2) is 4.79 Å². The minimum atomic E-state index is -4.41. The van der Waals surface area contributed by atoms with Gasteiger partial charge in [-0.2, -0.15) is 13.2 Å². The van der Waals surface area contributed by atoms with E-state index in [9.17, 15) is 18.0 Å². The molecule has 2 N–H and O–H groups in total. The Morgan fingerprint density at radius 3 is 2.60 bits per heavy atom. The summed E-state index contributed by atoms with van der Waals surface area (Å²) in [7, 11) is 2.90. The first-order valence-corrected chi connectivity index (χ1v) is 6.09. The fraction of sp³-hybridized carbons (Fsp3) is 0.462. The molecular weight excluding hydrogens is 271 g/mol. The minimum absolute atomic E-state index is 0.0831. The molecule has 0 saturated carbocycles. The van der Waals surface area contributed by atoms with Gasteiger partial charge in [0.05, 0.1) is 0 Å². The Labute approximate surface area is 116 Å². The van der Waals surface area contributed by atoms with Crippen molar-refractivity contribution in [3.05, 3.63) is 29.8 Å². The highest BCUT2D eigenvalue weighted by Crippen LogP contribution is 2.19. The van der Waals surface area contributed by atoms with Crippen LogP contribution in [0.5, 0.6) is 0 Å². The van der Waals surface area contributed by atoms with Crippen LogP contribution < -0.4 is 10.6 Å². The van der Waals surface area contributed by atoms with E-state index in [0.29, 0.717) is 10.6 Å². The van der Waals surface area contributed by atoms with Gasteiger partial charge >= 0.3 is 12.2 Å². The second-order valence-corrected chi connectivity index (χ2v) is 4.54. The molecule has 1 atom stereocenters. The van der Waals surface area contributed by atoms with Crippen LogP contribution in [0.4, 0.5) is 23.7 Å². The zero-order valence-corrected chi connectivity index (χ0v) is 11.6. The van der Waals surface area contributed by atoms with Crippen LogP contribution >= 0.6 is 0 Å². The summed E-state index contributed by atoms with van der Waals surface area (Å²) < 4.78 is 36.6. The lowest BCUT2D eigenvalue weighted by molar-refractivity contribution is -0.137. The monoisotopic (exact) mass is 289 g/mol. The van der Waals surface area contributed by atoms with E-state index >= 15 is 0 Å². The summed E-state index contributed by atoms with van der Waals surface area (Å²) in [6.45, 7) is 0.655. The molecule has 0 heterocycles. The van der Waals surface area contributed by atoms with E-state index in [2.05, 4.69) is 10.6 Å². The van der Waals surface area contributed by atoms with Crippen molar-refractivity contribution in [2.75, 3.05) is 26.0 Å². The van der Waals surface area contributed by atoms with Gasteiger partial charge in [0, 0.05) is 18.8 Å². The Kier molecular flexibility index (Phi) is 5.38. The first-order chi connectivity index (χ1) is 9.23. The van der Waals surface area contributed by atoms with Gasteiger partial charge < -0.3 is 15.5 Å². The van der Waals surface area contributed by atoms with Crippen molar-refractivity contribution in [3.8, 4) is 0 Å². The van der Waals surface area contributed by atoms with Crippen molar-refractivity contribution in [2.24, 2.45) is 0 Å². The summed E-state index contributed by atoms with van der Waals surface area (Å²) in [5.41, 5.74) is 1.40. The number of rotatable bonds is 4. The Morgan fingerprint density at radius 2 is 2.05 bits per heavy atom. The van der Waals surface area contributed by atoms with Crippen LogP contribution in [0.2, 0.25) is 0 Å². The molecule has 0 aliphatic heterocycles. The first kappa shape index (κ1) is 16.3. The highest BCUT2D eigenvalue weighted by Gasteiger charge is 2.31. The topological polar surface area (TPSA) is 44.4 Å². The number of anilines is 1. The van der Waals surface area contributed by atoms with Crippen molar-refractivity contribution in [1.29, 1.82) is 0 Å². The van der Waals surface area contributed by atoms with Crippen LogP contribution in [0.15, 0.2) is 24.3 Å². The lowest BCUT2D eigenvalue weighted by Gasteiger charge is -2.20. The van der Waals surface area contributed by atoms with Gasteiger partial charge in [-0.15, -0.1) is 0 Å². The summed E-state index contributed by atoms with van der Waals surface area (Å²) in [5.74, 6) is 0. The molecule has 1 rings (SSSR count). The number of nitrogens with zero attached hydrogens (tertiary/aromatic N) is 1. The summed E-state index contributed by atoms with van der Waals surface area (Å²) >= 11 is 0. The number of hydrogen-bond donors (Lipinski definition) is 2. The minimum Gasteiger partial charge on any atom is -0.318 e. The lowest BCUT2D eigenvalue weighted by atomic mass is 10.1. The van der Waals surface area contributed by atoms with Gasteiger partial charge in [0.25, 0.3) is 0 Å². The molecule has 0 radical (unpaired) electrons. The van der Waals surface area contributed by atoms with E-state index in [1.165, 1.54) is 0 Å². The molecule has 1 aromatic carbocycles. The normalized spacial score (nSPS) is 12.9. The number of hydrogen-bond acceptors (Lipinski definition) is 2. The Hall–Kier alpha value is -1.76. The SMILES string of the molecule is CNC(C)c1cccc(NC(=O)N(C)CC(F)(F)F)c1. The molecule has 0 saturated heterocycles. The summed E-state index contributed by atoms with van der Waals surface area (Å²) in [5, 5.41) is 5.49.